The molecule has 0 aliphatic heterocycles. The molecule has 2 aromatic carbocycles. The predicted molar refractivity (Wildman–Crippen MR) is 88.5 cm³/mol. The Morgan fingerprint density at radius 3 is 2.81 bits per heavy atom. The third kappa shape index (κ3) is 3.11. The van der Waals surface area contributed by atoms with Crippen molar-refractivity contribution in [3.05, 3.63) is 53.6 Å². The minimum absolute atomic E-state index is 0.178. The first-order valence-corrected chi connectivity index (χ1v) is 7.65. The second-order valence-electron chi connectivity index (χ2n) is 5.14. The first kappa shape index (κ1) is 13.8. The Bertz CT molecular complexity index is 807. The molecule has 3 rings (SSSR count). The fourth-order valence-electron chi connectivity index (χ4n) is 2.25. The van der Waals surface area contributed by atoms with Crippen LogP contribution in [-0.2, 0) is 11.2 Å². The number of hydrogen-bond acceptors (Lipinski definition) is 4. The number of para-hydroxylation sites is 1. The standard InChI is InChI=1S/C17H16N2OS/c1-11-5-3-4-6-14(11)18-17-19-15-8-7-13(9-12(2)20)10-16(15)21-17/h3-8,10H,9H2,1-2H3,(H,18,19). The highest BCUT2D eigenvalue weighted by Gasteiger charge is 2.07. The van der Waals surface area contributed by atoms with Crippen LogP contribution in [0.2, 0.25) is 0 Å². The SMILES string of the molecule is CC(=O)Cc1ccc2nc(Nc3ccccc3C)sc2c1. The lowest BCUT2D eigenvalue weighted by molar-refractivity contribution is -0.116. The summed E-state index contributed by atoms with van der Waals surface area (Å²) in [6, 6.07) is 14.1. The summed E-state index contributed by atoms with van der Waals surface area (Å²) in [6.45, 7) is 3.68. The molecular formula is C17H16N2OS. The number of anilines is 2. The quantitative estimate of drug-likeness (QED) is 0.772. The van der Waals surface area contributed by atoms with E-state index in [0.717, 1.165) is 26.6 Å². The van der Waals surface area contributed by atoms with E-state index < -0.39 is 0 Å². The summed E-state index contributed by atoms with van der Waals surface area (Å²) in [4.78, 5) is 15.8. The Labute approximate surface area is 127 Å². The number of nitrogens with one attached hydrogen (secondary N) is 1. The van der Waals surface area contributed by atoms with Gasteiger partial charge >= 0.3 is 0 Å². The van der Waals surface area contributed by atoms with Crippen molar-refractivity contribution in [3.63, 3.8) is 0 Å². The van der Waals surface area contributed by atoms with Gasteiger partial charge in [0, 0.05) is 12.1 Å². The van der Waals surface area contributed by atoms with Crippen LogP contribution in [0, 0.1) is 6.92 Å². The summed E-state index contributed by atoms with van der Waals surface area (Å²) in [5.74, 6) is 0.178. The number of ketones is 1. The van der Waals surface area contributed by atoms with Crippen molar-refractivity contribution in [2.45, 2.75) is 20.3 Å². The third-order valence-corrected chi connectivity index (χ3v) is 4.23. The lowest BCUT2D eigenvalue weighted by Gasteiger charge is -2.04. The van der Waals surface area contributed by atoms with Gasteiger partial charge in [-0.3, -0.25) is 4.79 Å². The van der Waals surface area contributed by atoms with E-state index in [1.807, 2.05) is 30.3 Å². The van der Waals surface area contributed by atoms with E-state index in [-0.39, 0.29) is 5.78 Å². The third-order valence-electron chi connectivity index (χ3n) is 3.29. The second kappa shape index (κ2) is 5.66. The maximum atomic E-state index is 11.2. The van der Waals surface area contributed by atoms with Crippen LogP contribution in [0.25, 0.3) is 10.2 Å². The minimum atomic E-state index is 0.178. The van der Waals surface area contributed by atoms with E-state index in [1.54, 1.807) is 18.3 Å². The van der Waals surface area contributed by atoms with Crippen molar-refractivity contribution < 1.29 is 4.79 Å². The number of Topliss-reactive ketones (excluding diaryl/α,β-unsaturated/α-hetero) is 1. The van der Waals surface area contributed by atoms with E-state index in [2.05, 4.69) is 29.4 Å². The zero-order chi connectivity index (χ0) is 14.8. The Hall–Kier alpha value is -2.20. The molecule has 106 valence electrons. The molecule has 0 saturated carbocycles. The summed E-state index contributed by atoms with van der Waals surface area (Å²) >= 11 is 1.61. The number of benzene rings is 2. The smallest absolute Gasteiger partial charge is 0.188 e. The van der Waals surface area contributed by atoms with E-state index in [9.17, 15) is 4.79 Å². The Kier molecular flexibility index (Phi) is 3.71. The highest BCUT2D eigenvalue weighted by molar-refractivity contribution is 7.22. The highest BCUT2D eigenvalue weighted by Crippen LogP contribution is 2.30. The van der Waals surface area contributed by atoms with Crippen LogP contribution in [0.4, 0.5) is 10.8 Å². The monoisotopic (exact) mass is 296 g/mol. The van der Waals surface area contributed by atoms with Crippen LogP contribution < -0.4 is 5.32 Å². The minimum Gasteiger partial charge on any atom is -0.331 e. The first-order chi connectivity index (χ1) is 10.1. The van der Waals surface area contributed by atoms with Crippen molar-refractivity contribution in [1.82, 2.24) is 4.98 Å². The molecule has 0 spiro atoms. The van der Waals surface area contributed by atoms with Crippen LogP contribution in [0.3, 0.4) is 0 Å². The van der Waals surface area contributed by atoms with Gasteiger partial charge in [-0.05, 0) is 43.2 Å². The fraction of sp³-hybridized carbons (Fsp3) is 0.176. The molecule has 1 N–H and O–H groups in total. The van der Waals surface area contributed by atoms with Crippen LogP contribution in [0.15, 0.2) is 42.5 Å². The lowest BCUT2D eigenvalue weighted by Crippen LogP contribution is -1.95. The maximum absolute atomic E-state index is 11.2. The maximum Gasteiger partial charge on any atom is 0.188 e. The summed E-state index contributed by atoms with van der Waals surface area (Å²) in [5.41, 5.74) is 4.26. The fourth-order valence-corrected chi connectivity index (χ4v) is 3.19. The van der Waals surface area contributed by atoms with Gasteiger partial charge in [0.15, 0.2) is 5.13 Å². The average molecular weight is 296 g/mol. The first-order valence-electron chi connectivity index (χ1n) is 6.83. The Balaban J connectivity index is 1.90. The van der Waals surface area contributed by atoms with Crippen molar-refractivity contribution >= 4 is 38.2 Å². The van der Waals surface area contributed by atoms with Crippen molar-refractivity contribution in [2.24, 2.45) is 0 Å². The average Bonchev–Trinajstić information content (AvgIpc) is 2.82. The Morgan fingerprint density at radius 1 is 1.24 bits per heavy atom. The molecule has 21 heavy (non-hydrogen) atoms. The molecule has 0 bridgehead atoms. The van der Waals surface area contributed by atoms with E-state index in [4.69, 9.17) is 0 Å². The largest absolute Gasteiger partial charge is 0.331 e. The molecule has 0 radical (unpaired) electrons. The molecule has 0 atom stereocenters. The highest BCUT2D eigenvalue weighted by atomic mass is 32.1. The molecule has 1 heterocycles. The van der Waals surface area contributed by atoms with Crippen molar-refractivity contribution in [3.8, 4) is 0 Å². The molecule has 0 unspecified atom stereocenters. The molecule has 1 aromatic heterocycles. The number of aromatic nitrogens is 1. The molecule has 3 nitrogen and oxygen atoms in total. The van der Waals surface area contributed by atoms with Crippen molar-refractivity contribution in [1.29, 1.82) is 0 Å². The summed E-state index contributed by atoms with van der Waals surface area (Å²) in [6.07, 6.45) is 0.481. The normalized spacial score (nSPS) is 10.8. The van der Waals surface area contributed by atoms with Gasteiger partial charge in [0.05, 0.1) is 10.2 Å². The summed E-state index contributed by atoms with van der Waals surface area (Å²) in [5, 5.41) is 4.24. The van der Waals surface area contributed by atoms with Gasteiger partial charge < -0.3 is 5.32 Å². The van der Waals surface area contributed by atoms with Crippen LogP contribution in [0.1, 0.15) is 18.1 Å². The number of aryl methyl sites for hydroxylation is 1. The van der Waals surface area contributed by atoms with Gasteiger partial charge in [-0.15, -0.1) is 0 Å². The van der Waals surface area contributed by atoms with Gasteiger partial charge in [-0.2, -0.15) is 0 Å². The topological polar surface area (TPSA) is 42.0 Å². The molecule has 0 fully saturated rings. The van der Waals surface area contributed by atoms with Gasteiger partial charge in [0.1, 0.15) is 5.78 Å². The van der Waals surface area contributed by atoms with Crippen LogP contribution in [-0.4, -0.2) is 10.8 Å². The summed E-state index contributed by atoms with van der Waals surface area (Å²) in [7, 11) is 0. The van der Waals surface area contributed by atoms with Gasteiger partial charge in [-0.25, -0.2) is 4.98 Å². The van der Waals surface area contributed by atoms with Crippen LogP contribution in [0.5, 0.6) is 0 Å². The number of rotatable bonds is 4. The molecule has 0 amide bonds. The molecular weight excluding hydrogens is 280 g/mol. The Morgan fingerprint density at radius 2 is 2.05 bits per heavy atom. The van der Waals surface area contributed by atoms with E-state index in [0.29, 0.717) is 6.42 Å². The zero-order valence-electron chi connectivity index (χ0n) is 12.0. The van der Waals surface area contributed by atoms with Gasteiger partial charge in [-0.1, -0.05) is 35.6 Å². The molecule has 0 aliphatic rings. The predicted octanol–water partition coefficient (Wildman–Crippen LogP) is 4.48. The molecule has 4 heteroatoms. The zero-order valence-corrected chi connectivity index (χ0v) is 12.8. The van der Waals surface area contributed by atoms with Gasteiger partial charge in [0.2, 0.25) is 0 Å². The number of fused-ring (bicyclic) bond motifs is 1. The number of hydrogen-bond donors (Lipinski definition) is 1. The number of carbonyl (C=O) groups is 1. The second-order valence-corrected chi connectivity index (χ2v) is 6.17. The van der Waals surface area contributed by atoms with E-state index in [1.165, 1.54) is 5.56 Å². The van der Waals surface area contributed by atoms with Gasteiger partial charge in [0.25, 0.3) is 0 Å². The van der Waals surface area contributed by atoms with E-state index >= 15 is 0 Å². The number of nitrogens with zero attached hydrogens (tertiary/aromatic N) is 1. The molecule has 0 aliphatic carbocycles. The number of thiazole rings is 1. The number of carbonyl (C=O) groups excluding carboxylic acids is 1. The molecule has 0 saturated heterocycles. The van der Waals surface area contributed by atoms with Crippen molar-refractivity contribution in [2.75, 3.05) is 5.32 Å². The summed E-state index contributed by atoms with van der Waals surface area (Å²) < 4.78 is 1.10. The van der Waals surface area contributed by atoms with Crippen LogP contribution >= 0.6 is 11.3 Å². The molecule has 3 aromatic rings. The lowest BCUT2D eigenvalue weighted by atomic mass is 10.1.